The van der Waals surface area contributed by atoms with E-state index in [2.05, 4.69) is 47.0 Å². The summed E-state index contributed by atoms with van der Waals surface area (Å²) in [7, 11) is 2.18. The van der Waals surface area contributed by atoms with Crippen molar-refractivity contribution in [2.75, 3.05) is 7.05 Å². The minimum absolute atomic E-state index is 0.619. The maximum atomic E-state index is 3.62. The molecule has 0 spiro atoms. The molecule has 0 radical (unpaired) electrons. The quantitative estimate of drug-likeness (QED) is 0.543. The fraction of sp³-hybridized carbons (Fsp3) is 1.00. The third-order valence-electron chi connectivity index (χ3n) is 10.1. The van der Waals surface area contributed by atoms with Crippen molar-refractivity contribution in [2.24, 2.45) is 46.8 Å². The summed E-state index contributed by atoms with van der Waals surface area (Å²) in [6.45, 7) is 12.8. The number of hydrogen-bond donors (Lipinski definition) is 1. The van der Waals surface area contributed by atoms with Crippen LogP contribution >= 0.6 is 0 Å². The fourth-order valence-corrected chi connectivity index (χ4v) is 7.73. The van der Waals surface area contributed by atoms with Crippen LogP contribution in [0, 0.1) is 46.8 Å². The topological polar surface area (TPSA) is 12.0 Å². The first-order valence-corrected chi connectivity index (χ1v) is 12.6. The second-order valence-corrected chi connectivity index (χ2v) is 11.3. The Morgan fingerprint density at radius 2 is 1.78 bits per heavy atom. The van der Waals surface area contributed by atoms with Gasteiger partial charge in [0.15, 0.2) is 0 Å². The monoisotopic (exact) mass is 375 g/mol. The van der Waals surface area contributed by atoms with E-state index in [9.17, 15) is 0 Å². The second-order valence-electron chi connectivity index (χ2n) is 11.3. The molecule has 1 heteroatoms. The Morgan fingerprint density at radius 1 is 1.00 bits per heavy atom. The van der Waals surface area contributed by atoms with Crippen LogP contribution in [0.15, 0.2) is 0 Å². The molecule has 0 aliphatic heterocycles. The number of rotatable bonds is 4. The fourth-order valence-electron chi connectivity index (χ4n) is 7.73. The third kappa shape index (κ3) is 4.44. The van der Waals surface area contributed by atoms with Gasteiger partial charge >= 0.3 is 0 Å². The van der Waals surface area contributed by atoms with Crippen molar-refractivity contribution in [1.29, 1.82) is 0 Å². The van der Waals surface area contributed by atoms with E-state index in [1.807, 2.05) is 0 Å². The normalized spacial score (nSPS) is 45.6. The summed E-state index contributed by atoms with van der Waals surface area (Å²) >= 11 is 0. The van der Waals surface area contributed by atoms with E-state index < -0.39 is 0 Å². The van der Waals surface area contributed by atoms with Crippen molar-refractivity contribution in [3.63, 3.8) is 0 Å². The molecule has 9 atom stereocenters. The molecular weight excluding hydrogens is 326 g/mol. The van der Waals surface area contributed by atoms with Gasteiger partial charge in [0.1, 0.15) is 0 Å². The molecule has 3 aliphatic rings. The van der Waals surface area contributed by atoms with Crippen LogP contribution in [-0.4, -0.2) is 13.1 Å². The highest BCUT2D eigenvalue weighted by atomic mass is 14.9. The van der Waals surface area contributed by atoms with Crippen LogP contribution in [0.25, 0.3) is 0 Å². The minimum atomic E-state index is 0.619. The summed E-state index contributed by atoms with van der Waals surface area (Å²) in [4.78, 5) is 0. The Bertz CT molecular complexity index is 459. The Balaban J connectivity index is 1.88. The molecule has 27 heavy (non-hydrogen) atoms. The van der Waals surface area contributed by atoms with Crippen molar-refractivity contribution in [1.82, 2.24) is 5.32 Å². The van der Waals surface area contributed by atoms with Gasteiger partial charge < -0.3 is 5.32 Å². The van der Waals surface area contributed by atoms with Crippen LogP contribution in [0.5, 0.6) is 0 Å². The molecule has 0 heterocycles. The van der Waals surface area contributed by atoms with E-state index in [4.69, 9.17) is 0 Å². The molecule has 1 N–H and O–H groups in total. The Labute approximate surface area is 170 Å². The zero-order valence-electron chi connectivity index (χ0n) is 19.4. The molecule has 3 saturated carbocycles. The molecule has 3 rings (SSSR count). The molecule has 1 nitrogen and oxygen atoms in total. The zero-order valence-corrected chi connectivity index (χ0v) is 19.4. The van der Waals surface area contributed by atoms with E-state index >= 15 is 0 Å². The maximum Gasteiger partial charge on any atom is 0.00671 e. The van der Waals surface area contributed by atoms with Crippen molar-refractivity contribution in [3.8, 4) is 0 Å². The van der Waals surface area contributed by atoms with Crippen LogP contribution in [0.4, 0.5) is 0 Å². The molecule has 0 aromatic rings. The summed E-state index contributed by atoms with van der Waals surface area (Å²) in [5, 5.41) is 3.62. The van der Waals surface area contributed by atoms with Crippen molar-refractivity contribution >= 4 is 0 Å². The lowest BCUT2D eigenvalue weighted by Gasteiger charge is -2.57. The molecule has 3 aliphatic carbocycles. The van der Waals surface area contributed by atoms with Crippen molar-refractivity contribution in [2.45, 2.75) is 111 Å². The lowest BCUT2D eigenvalue weighted by Crippen LogP contribution is -2.51. The second kappa shape index (κ2) is 9.19. The maximum absolute atomic E-state index is 3.62. The number of nitrogens with one attached hydrogen (secondary N) is 1. The van der Waals surface area contributed by atoms with E-state index in [-0.39, 0.29) is 0 Å². The van der Waals surface area contributed by atoms with Crippen LogP contribution in [0.3, 0.4) is 0 Å². The van der Waals surface area contributed by atoms with E-state index in [0.717, 1.165) is 47.5 Å². The Kier molecular flexibility index (Phi) is 7.37. The molecule has 0 bridgehead atoms. The summed E-state index contributed by atoms with van der Waals surface area (Å²) in [5.41, 5.74) is 0.619. The average molecular weight is 376 g/mol. The van der Waals surface area contributed by atoms with Crippen molar-refractivity contribution < 1.29 is 0 Å². The van der Waals surface area contributed by atoms with Crippen LogP contribution in [0.2, 0.25) is 0 Å². The SMILES string of the molecule is CCC(C)C(C)C1CCCC(C)CCC2C1CCC1CC(NC)CCC12C. The predicted octanol–water partition coefficient (Wildman–Crippen LogP) is 7.31. The van der Waals surface area contributed by atoms with Crippen molar-refractivity contribution in [3.05, 3.63) is 0 Å². The lowest BCUT2D eigenvalue weighted by molar-refractivity contribution is -0.0754. The highest BCUT2D eigenvalue weighted by molar-refractivity contribution is 5.02. The molecule has 3 fully saturated rings. The van der Waals surface area contributed by atoms with Crippen LogP contribution in [-0.2, 0) is 0 Å². The molecule has 0 amide bonds. The molecular formula is C26H49N. The van der Waals surface area contributed by atoms with Crippen LogP contribution < -0.4 is 5.32 Å². The van der Waals surface area contributed by atoms with Gasteiger partial charge in [-0.15, -0.1) is 0 Å². The highest BCUT2D eigenvalue weighted by Gasteiger charge is 2.52. The van der Waals surface area contributed by atoms with E-state index in [0.29, 0.717) is 5.41 Å². The van der Waals surface area contributed by atoms with E-state index in [1.165, 1.54) is 70.6 Å². The molecule has 0 aromatic carbocycles. The van der Waals surface area contributed by atoms with Gasteiger partial charge in [-0.05, 0) is 98.8 Å². The summed E-state index contributed by atoms with van der Waals surface area (Å²) in [6.07, 6.45) is 16.2. The van der Waals surface area contributed by atoms with E-state index in [1.54, 1.807) is 0 Å². The van der Waals surface area contributed by atoms with Crippen LogP contribution in [0.1, 0.15) is 105 Å². The molecule has 0 aromatic heterocycles. The summed E-state index contributed by atoms with van der Waals surface area (Å²) in [5.74, 6) is 6.69. The summed E-state index contributed by atoms with van der Waals surface area (Å²) < 4.78 is 0. The Morgan fingerprint density at radius 3 is 2.48 bits per heavy atom. The Hall–Kier alpha value is -0.0400. The smallest absolute Gasteiger partial charge is 0.00671 e. The van der Waals surface area contributed by atoms with Gasteiger partial charge in [0, 0.05) is 6.04 Å². The predicted molar refractivity (Wildman–Crippen MR) is 119 cm³/mol. The first-order chi connectivity index (χ1) is 12.9. The standard InChI is InChI=1S/C26H49N/c1-7-19(3)20(4)23-10-8-9-18(2)11-14-25-24(23)13-12-21-17-22(27-6)15-16-26(21,25)5/h18-25,27H,7-17H2,1-6H3. The number of hydrogen-bond acceptors (Lipinski definition) is 1. The van der Waals surface area contributed by atoms with Gasteiger partial charge in [0.25, 0.3) is 0 Å². The number of fused-ring (bicyclic) bond motifs is 3. The van der Waals surface area contributed by atoms with Gasteiger partial charge in [-0.25, -0.2) is 0 Å². The lowest BCUT2D eigenvalue weighted by atomic mass is 9.48. The van der Waals surface area contributed by atoms with Gasteiger partial charge in [-0.1, -0.05) is 60.3 Å². The third-order valence-corrected chi connectivity index (χ3v) is 10.1. The zero-order chi connectivity index (χ0) is 19.6. The van der Waals surface area contributed by atoms with Gasteiger partial charge in [0.05, 0.1) is 0 Å². The average Bonchev–Trinajstić information content (AvgIpc) is 2.75. The minimum Gasteiger partial charge on any atom is -0.317 e. The summed E-state index contributed by atoms with van der Waals surface area (Å²) in [6, 6.07) is 0.782. The molecule has 0 saturated heterocycles. The molecule has 9 unspecified atom stereocenters. The van der Waals surface area contributed by atoms with Gasteiger partial charge in [-0.2, -0.15) is 0 Å². The first-order valence-electron chi connectivity index (χ1n) is 12.6. The first kappa shape index (κ1) is 21.7. The highest BCUT2D eigenvalue weighted by Crippen LogP contribution is 2.60. The van der Waals surface area contributed by atoms with Gasteiger partial charge in [-0.3, -0.25) is 0 Å². The molecule has 158 valence electrons. The largest absolute Gasteiger partial charge is 0.317 e. The van der Waals surface area contributed by atoms with Gasteiger partial charge in [0.2, 0.25) is 0 Å².